The van der Waals surface area contributed by atoms with Gasteiger partial charge in [0, 0.05) is 32.6 Å². The van der Waals surface area contributed by atoms with Crippen molar-refractivity contribution in [2.24, 2.45) is 0 Å². The van der Waals surface area contributed by atoms with Crippen molar-refractivity contribution >= 4 is 10.9 Å². The van der Waals surface area contributed by atoms with Crippen molar-refractivity contribution in [1.29, 1.82) is 0 Å². The second kappa shape index (κ2) is 3.64. The summed E-state index contributed by atoms with van der Waals surface area (Å²) in [7, 11) is 0. The van der Waals surface area contributed by atoms with Gasteiger partial charge < -0.3 is 0 Å². The van der Waals surface area contributed by atoms with Crippen molar-refractivity contribution in [3.63, 3.8) is 0 Å². The summed E-state index contributed by atoms with van der Waals surface area (Å²) in [4.78, 5) is 4.18. The fourth-order valence-corrected chi connectivity index (χ4v) is 1.02. The molecule has 0 saturated heterocycles. The molecule has 54 valence electrons. The number of hydrogen-bond donors (Lipinski definition) is 0. The third-order valence-electron chi connectivity index (χ3n) is 1.51. The molecule has 0 aliphatic carbocycles. The summed E-state index contributed by atoms with van der Waals surface area (Å²) in [5.74, 6) is 0. The minimum Gasteiger partial charge on any atom is -0.256 e. The van der Waals surface area contributed by atoms with Gasteiger partial charge in [0.25, 0.3) is 0 Å². The van der Waals surface area contributed by atoms with Crippen molar-refractivity contribution in [2.45, 2.75) is 0 Å². The first-order chi connectivity index (χ1) is 4.97. The van der Waals surface area contributed by atoms with Gasteiger partial charge in [-0.3, -0.25) is 4.98 Å². The molecule has 1 aromatic heterocycles. The molecule has 2 aromatic rings. The fourth-order valence-electron chi connectivity index (χ4n) is 1.02. The molecular weight excluding hydrogens is 218 g/mol. The van der Waals surface area contributed by atoms with Gasteiger partial charge in [-0.15, -0.1) is 0 Å². The Labute approximate surface area is 79.7 Å². The van der Waals surface area contributed by atoms with Gasteiger partial charge in [0.2, 0.25) is 0 Å². The van der Waals surface area contributed by atoms with E-state index in [1.54, 1.807) is 0 Å². The number of pyridine rings is 1. The molecule has 0 N–H and O–H groups in total. The average molecular weight is 225 g/mol. The molecule has 0 amide bonds. The van der Waals surface area contributed by atoms with Crippen molar-refractivity contribution in [3.05, 3.63) is 42.6 Å². The number of para-hydroxylation sites is 1. The number of nitrogens with zero attached hydrogens (tertiary/aromatic N) is 1. The van der Waals surface area contributed by atoms with E-state index < -0.39 is 0 Å². The summed E-state index contributed by atoms with van der Waals surface area (Å²) in [6, 6.07) is 12.1. The van der Waals surface area contributed by atoms with Crippen LogP contribution in [0.4, 0.5) is 0 Å². The molecular formula is C9H7MoN. The summed E-state index contributed by atoms with van der Waals surface area (Å²) >= 11 is 0. The monoisotopic (exact) mass is 227 g/mol. The molecule has 0 atom stereocenters. The molecule has 11 heavy (non-hydrogen) atoms. The van der Waals surface area contributed by atoms with Crippen LogP contribution in [0.2, 0.25) is 0 Å². The molecule has 0 aliphatic heterocycles. The van der Waals surface area contributed by atoms with Crippen LogP contribution >= 0.6 is 0 Å². The van der Waals surface area contributed by atoms with Gasteiger partial charge in [-0.1, -0.05) is 24.3 Å². The van der Waals surface area contributed by atoms with Crippen LogP contribution in [0.5, 0.6) is 0 Å². The zero-order chi connectivity index (χ0) is 6.81. The summed E-state index contributed by atoms with van der Waals surface area (Å²) in [6.07, 6.45) is 1.81. The first-order valence-electron chi connectivity index (χ1n) is 3.26. The maximum atomic E-state index is 4.18. The van der Waals surface area contributed by atoms with Crippen molar-refractivity contribution in [3.8, 4) is 0 Å². The van der Waals surface area contributed by atoms with E-state index in [9.17, 15) is 0 Å². The normalized spacial score (nSPS) is 9.09. The van der Waals surface area contributed by atoms with Gasteiger partial charge in [-0.2, -0.15) is 0 Å². The fraction of sp³-hybridized carbons (Fsp3) is 0. The van der Waals surface area contributed by atoms with E-state index in [0.29, 0.717) is 0 Å². The Hall–Kier alpha value is -0.682. The Balaban J connectivity index is 0.000000605. The van der Waals surface area contributed by atoms with E-state index >= 15 is 0 Å². The number of rotatable bonds is 0. The minimum absolute atomic E-state index is 0. The van der Waals surface area contributed by atoms with Crippen LogP contribution in [0, 0.1) is 0 Å². The zero-order valence-electron chi connectivity index (χ0n) is 5.90. The predicted molar refractivity (Wildman–Crippen MR) is 41.7 cm³/mol. The van der Waals surface area contributed by atoms with E-state index in [1.165, 1.54) is 5.39 Å². The smallest absolute Gasteiger partial charge is 0.0701 e. The molecule has 2 heteroatoms. The summed E-state index contributed by atoms with van der Waals surface area (Å²) in [5.41, 5.74) is 1.06. The Morgan fingerprint density at radius 2 is 1.64 bits per heavy atom. The van der Waals surface area contributed by atoms with Gasteiger partial charge in [0.15, 0.2) is 0 Å². The van der Waals surface area contributed by atoms with Gasteiger partial charge in [-0.05, 0) is 12.1 Å². The quantitative estimate of drug-likeness (QED) is 0.626. The van der Waals surface area contributed by atoms with E-state index in [4.69, 9.17) is 0 Å². The van der Waals surface area contributed by atoms with Crippen LogP contribution in [0.15, 0.2) is 42.6 Å². The van der Waals surface area contributed by atoms with Crippen LogP contribution in [-0.2, 0) is 21.1 Å². The van der Waals surface area contributed by atoms with Crippen molar-refractivity contribution < 1.29 is 21.1 Å². The molecule has 0 unspecified atom stereocenters. The second-order valence-corrected chi connectivity index (χ2v) is 2.20. The molecule has 0 aliphatic rings. The van der Waals surface area contributed by atoms with E-state index in [0.717, 1.165) is 5.52 Å². The van der Waals surface area contributed by atoms with Gasteiger partial charge in [0.1, 0.15) is 0 Å². The molecule has 0 spiro atoms. The molecule has 1 aromatic carbocycles. The third kappa shape index (κ3) is 1.66. The predicted octanol–water partition coefficient (Wildman–Crippen LogP) is 2.23. The molecule has 1 heterocycles. The van der Waals surface area contributed by atoms with E-state index in [1.807, 2.05) is 30.5 Å². The molecule has 0 fully saturated rings. The Kier molecular flexibility index (Phi) is 2.78. The van der Waals surface area contributed by atoms with Crippen LogP contribution in [0.1, 0.15) is 0 Å². The number of benzene rings is 1. The van der Waals surface area contributed by atoms with Crippen LogP contribution in [0.3, 0.4) is 0 Å². The maximum absolute atomic E-state index is 4.18. The summed E-state index contributed by atoms with van der Waals surface area (Å²) in [5, 5.41) is 1.20. The molecule has 1 nitrogen and oxygen atoms in total. The molecule has 0 saturated carbocycles. The molecule has 2 rings (SSSR count). The standard InChI is InChI=1S/C9H7N.Mo/c1-2-6-9-8(4-1)5-3-7-10-9;/h1-7H;. The first-order valence-corrected chi connectivity index (χ1v) is 3.26. The van der Waals surface area contributed by atoms with Crippen molar-refractivity contribution in [1.82, 2.24) is 4.98 Å². The maximum Gasteiger partial charge on any atom is 0.0701 e. The Bertz CT molecular complexity index is 281. The summed E-state index contributed by atoms with van der Waals surface area (Å²) in [6.45, 7) is 0. The zero-order valence-corrected chi connectivity index (χ0v) is 7.90. The topological polar surface area (TPSA) is 12.9 Å². The van der Waals surface area contributed by atoms with E-state index in [2.05, 4.69) is 17.1 Å². The van der Waals surface area contributed by atoms with Crippen LogP contribution in [-0.4, -0.2) is 4.98 Å². The number of fused-ring (bicyclic) bond motifs is 1. The molecule has 0 radical (unpaired) electrons. The summed E-state index contributed by atoms with van der Waals surface area (Å²) < 4.78 is 0. The molecule has 0 bridgehead atoms. The average Bonchev–Trinajstić information content (AvgIpc) is 2.05. The van der Waals surface area contributed by atoms with Crippen LogP contribution < -0.4 is 0 Å². The second-order valence-electron chi connectivity index (χ2n) is 2.20. The first kappa shape index (κ1) is 8.42. The third-order valence-corrected chi connectivity index (χ3v) is 1.51. The van der Waals surface area contributed by atoms with Crippen molar-refractivity contribution in [2.75, 3.05) is 0 Å². The minimum atomic E-state index is 0. The largest absolute Gasteiger partial charge is 0.256 e. The SMILES string of the molecule is [Mo].c1ccc2ncccc2c1. The number of hydrogen-bond acceptors (Lipinski definition) is 1. The number of aromatic nitrogens is 1. The van der Waals surface area contributed by atoms with Gasteiger partial charge in [0.05, 0.1) is 5.52 Å². The Morgan fingerprint density at radius 1 is 0.909 bits per heavy atom. The van der Waals surface area contributed by atoms with Crippen LogP contribution in [0.25, 0.3) is 10.9 Å². The Morgan fingerprint density at radius 3 is 2.45 bits per heavy atom. The van der Waals surface area contributed by atoms with E-state index in [-0.39, 0.29) is 21.1 Å². The van der Waals surface area contributed by atoms with Gasteiger partial charge in [-0.25, -0.2) is 0 Å². The van der Waals surface area contributed by atoms with Gasteiger partial charge >= 0.3 is 0 Å².